The van der Waals surface area contributed by atoms with Gasteiger partial charge in [-0.15, -0.1) is 0 Å². The standard InChI is InChI=1S/C21H18N2O8/c24-18(15-6-8-16(9-7-15)23(28)29)13-30-20(26)17-10-11-19(25)22(17)21(27)31-12-14-4-2-1-3-5-14/h1-9,17H,10-13H2/t17-/m0/s1. The van der Waals surface area contributed by atoms with Gasteiger partial charge in [0.15, 0.2) is 12.4 Å². The van der Waals surface area contributed by atoms with E-state index in [1.165, 1.54) is 12.1 Å². The van der Waals surface area contributed by atoms with Gasteiger partial charge in [0.05, 0.1) is 4.92 Å². The molecule has 1 atom stereocenters. The molecule has 1 heterocycles. The third-order valence-electron chi connectivity index (χ3n) is 4.63. The molecule has 0 unspecified atom stereocenters. The van der Waals surface area contributed by atoms with Crippen LogP contribution in [0.3, 0.4) is 0 Å². The summed E-state index contributed by atoms with van der Waals surface area (Å²) in [5.74, 6) is -2.05. The summed E-state index contributed by atoms with van der Waals surface area (Å²) in [6, 6.07) is 12.5. The number of hydrogen-bond acceptors (Lipinski definition) is 8. The van der Waals surface area contributed by atoms with E-state index < -0.39 is 41.3 Å². The zero-order chi connectivity index (χ0) is 22.4. The van der Waals surface area contributed by atoms with Crippen LogP contribution in [0.15, 0.2) is 54.6 Å². The quantitative estimate of drug-likeness (QED) is 0.286. The number of hydrogen-bond donors (Lipinski definition) is 0. The highest BCUT2D eigenvalue weighted by Crippen LogP contribution is 2.22. The number of ketones is 1. The molecule has 10 heteroatoms. The van der Waals surface area contributed by atoms with E-state index >= 15 is 0 Å². The Labute approximate surface area is 176 Å². The lowest BCUT2D eigenvalue weighted by molar-refractivity contribution is -0.384. The van der Waals surface area contributed by atoms with Gasteiger partial charge in [-0.25, -0.2) is 14.5 Å². The Morgan fingerprint density at radius 1 is 1.03 bits per heavy atom. The normalized spacial score (nSPS) is 15.4. The molecule has 0 saturated carbocycles. The van der Waals surface area contributed by atoms with Gasteiger partial charge in [0, 0.05) is 24.1 Å². The van der Waals surface area contributed by atoms with Crippen molar-refractivity contribution in [3.63, 3.8) is 0 Å². The van der Waals surface area contributed by atoms with E-state index in [4.69, 9.17) is 9.47 Å². The van der Waals surface area contributed by atoms with E-state index in [0.717, 1.165) is 17.7 Å². The molecule has 0 N–H and O–H groups in total. The summed E-state index contributed by atoms with van der Waals surface area (Å²) in [4.78, 5) is 59.8. The van der Waals surface area contributed by atoms with Crippen molar-refractivity contribution in [3.05, 3.63) is 75.8 Å². The van der Waals surface area contributed by atoms with E-state index in [1.54, 1.807) is 30.3 Å². The zero-order valence-electron chi connectivity index (χ0n) is 16.3. The fourth-order valence-corrected chi connectivity index (χ4v) is 3.01. The molecule has 31 heavy (non-hydrogen) atoms. The lowest BCUT2D eigenvalue weighted by Gasteiger charge is -2.21. The number of carbonyl (C=O) groups is 4. The van der Waals surface area contributed by atoms with Crippen molar-refractivity contribution in [1.82, 2.24) is 4.90 Å². The van der Waals surface area contributed by atoms with Crippen molar-refractivity contribution in [3.8, 4) is 0 Å². The molecule has 1 fully saturated rings. The van der Waals surface area contributed by atoms with Crippen LogP contribution in [0.25, 0.3) is 0 Å². The van der Waals surface area contributed by atoms with Crippen LogP contribution in [0.4, 0.5) is 10.5 Å². The molecular formula is C21H18N2O8. The number of benzene rings is 2. The highest BCUT2D eigenvalue weighted by molar-refractivity contribution is 6.01. The number of ether oxygens (including phenoxy) is 2. The Balaban J connectivity index is 1.56. The Bertz CT molecular complexity index is 1000. The maximum Gasteiger partial charge on any atom is 0.417 e. The molecule has 1 aliphatic rings. The highest BCUT2D eigenvalue weighted by atomic mass is 16.6. The van der Waals surface area contributed by atoms with Gasteiger partial charge in [0.2, 0.25) is 5.91 Å². The second-order valence-electron chi connectivity index (χ2n) is 6.69. The van der Waals surface area contributed by atoms with Crippen molar-refractivity contribution in [2.75, 3.05) is 6.61 Å². The summed E-state index contributed by atoms with van der Waals surface area (Å²) >= 11 is 0. The molecule has 3 rings (SSSR count). The summed E-state index contributed by atoms with van der Waals surface area (Å²) < 4.78 is 10.1. The third kappa shape index (κ3) is 5.30. The minimum absolute atomic E-state index is 0.0312. The summed E-state index contributed by atoms with van der Waals surface area (Å²) in [6.45, 7) is -0.696. The molecule has 0 spiro atoms. The van der Waals surface area contributed by atoms with Gasteiger partial charge in [-0.3, -0.25) is 19.7 Å². The SMILES string of the molecule is O=C(COC(=O)[C@@H]1CCC(=O)N1C(=O)OCc1ccccc1)c1ccc([N+](=O)[O-])cc1. The molecule has 2 aromatic carbocycles. The third-order valence-corrected chi connectivity index (χ3v) is 4.63. The van der Waals surface area contributed by atoms with Crippen LogP contribution in [-0.4, -0.2) is 46.2 Å². The summed E-state index contributed by atoms with van der Waals surface area (Å²) in [5.41, 5.74) is 0.665. The van der Waals surface area contributed by atoms with Crippen molar-refractivity contribution in [2.24, 2.45) is 0 Å². The van der Waals surface area contributed by atoms with Gasteiger partial charge in [-0.2, -0.15) is 0 Å². The number of esters is 1. The first-order valence-electron chi connectivity index (χ1n) is 9.34. The fraction of sp³-hybridized carbons (Fsp3) is 0.238. The molecule has 10 nitrogen and oxygen atoms in total. The summed E-state index contributed by atoms with van der Waals surface area (Å²) in [5, 5.41) is 10.7. The first-order chi connectivity index (χ1) is 14.9. The number of likely N-dealkylation sites (tertiary alicyclic amines) is 1. The van der Waals surface area contributed by atoms with Gasteiger partial charge in [-0.1, -0.05) is 30.3 Å². The molecule has 0 aromatic heterocycles. The molecule has 0 aliphatic carbocycles. The Morgan fingerprint density at radius 2 is 1.71 bits per heavy atom. The minimum atomic E-state index is -1.18. The average Bonchev–Trinajstić information content (AvgIpc) is 3.18. The van der Waals surface area contributed by atoms with Crippen molar-refractivity contribution < 1.29 is 33.6 Å². The molecule has 0 bridgehead atoms. The Hall–Kier alpha value is -4.08. The number of nitrogens with zero attached hydrogens (tertiary/aromatic N) is 2. The molecule has 160 valence electrons. The van der Waals surface area contributed by atoms with Gasteiger partial charge >= 0.3 is 12.1 Å². The summed E-state index contributed by atoms with van der Waals surface area (Å²) in [6.07, 6.45) is -0.935. The van der Waals surface area contributed by atoms with Crippen LogP contribution in [0.2, 0.25) is 0 Å². The van der Waals surface area contributed by atoms with Crippen LogP contribution >= 0.6 is 0 Å². The van der Waals surface area contributed by atoms with Crippen LogP contribution in [0, 0.1) is 10.1 Å². The Kier molecular flexibility index (Phi) is 6.71. The molecule has 1 saturated heterocycles. The second kappa shape index (κ2) is 9.61. The van der Waals surface area contributed by atoms with E-state index in [2.05, 4.69) is 0 Å². The highest BCUT2D eigenvalue weighted by Gasteiger charge is 2.42. The molecule has 0 radical (unpaired) electrons. The lowest BCUT2D eigenvalue weighted by Crippen LogP contribution is -2.44. The van der Waals surface area contributed by atoms with Crippen LogP contribution in [-0.2, 0) is 25.7 Å². The monoisotopic (exact) mass is 426 g/mol. The number of nitro benzene ring substituents is 1. The molecule has 2 aromatic rings. The Morgan fingerprint density at radius 3 is 2.35 bits per heavy atom. The van der Waals surface area contributed by atoms with E-state index in [0.29, 0.717) is 4.90 Å². The van der Waals surface area contributed by atoms with Gasteiger partial charge in [-0.05, 0) is 24.1 Å². The molecule has 2 amide bonds. The first kappa shape index (κ1) is 21.6. The average molecular weight is 426 g/mol. The first-order valence-corrected chi connectivity index (χ1v) is 9.34. The number of Topliss-reactive ketones (excluding diaryl/α,β-unsaturated/α-hetero) is 1. The number of carbonyl (C=O) groups excluding carboxylic acids is 4. The predicted octanol–water partition coefficient (Wildman–Crippen LogP) is 2.65. The van der Waals surface area contributed by atoms with Crippen LogP contribution < -0.4 is 0 Å². The largest absolute Gasteiger partial charge is 0.456 e. The minimum Gasteiger partial charge on any atom is -0.456 e. The number of amides is 2. The maximum absolute atomic E-state index is 12.4. The van der Waals surface area contributed by atoms with E-state index in [1.807, 2.05) is 0 Å². The van der Waals surface area contributed by atoms with Crippen molar-refractivity contribution in [1.29, 1.82) is 0 Å². The smallest absolute Gasteiger partial charge is 0.417 e. The fourth-order valence-electron chi connectivity index (χ4n) is 3.01. The number of rotatable bonds is 7. The van der Waals surface area contributed by atoms with Crippen LogP contribution in [0.1, 0.15) is 28.8 Å². The van der Waals surface area contributed by atoms with E-state index in [9.17, 15) is 29.3 Å². The van der Waals surface area contributed by atoms with Gasteiger partial charge < -0.3 is 9.47 Å². The van der Waals surface area contributed by atoms with Gasteiger partial charge in [0.1, 0.15) is 12.6 Å². The summed E-state index contributed by atoms with van der Waals surface area (Å²) in [7, 11) is 0. The van der Waals surface area contributed by atoms with Gasteiger partial charge in [0.25, 0.3) is 5.69 Å². The van der Waals surface area contributed by atoms with Crippen molar-refractivity contribution in [2.45, 2.75) is 25.5 Å². The maximum atomic E-state index is 12.4. The molecular weight excluding hydrogens is 408 g/mol. The lowest BCUT2D eigenvalue weighted by atomic mass is 10.1. The molecule has 1 aliphatic heterocycles. The van der Waals surface area contributed by atoms with E-state index in [-0.39, 0.29) is 30.7 Å². The zero-order valence-corrected chi connectivity index (χ0v) is 16.3. The number of imide groups is 1. The number of nitro groups is 1. The number of non-ortho nitro benzene ring substituents is 1. The predicted molar refractivity (Wildman–Crippen MR) is 105 cm³/mol. The second-order valence-corrected chi connectivity index (χ2v) is 6.69. The van der Waals surface area contributed by atoms with Crippen molar-refractivity contribution >= 4 is 29.4 Å². The van der Waals surface area contributed by atoms with Crippen LogP contribution in [0.5, 0.6) is 0 Å². The topological polar surface area (TPSA) is 133 Å².